The minimum absolute atomic E-state index is 0.142. The van der Waals surface area contributed by atoms with Gasteiger partial charge in [0.05, 0.1) is 0 Å². The Bertz CT molecular complexity index is 462. The normalized spacial score (nSPS) is 23.0. The topological polar surface area (TPSA) is 12.0 Å². The highest BCUT2D eigenvalue weighted by molar-refractivity contribution is 5.20. The second kappa shape index (κ2) is 6.08. The lowest BCUT2D eigenvalue weighted by Crippen LogP contribution is -2.45. The van der Waals surface area contributed by atoms with Crippen LogP contribution in [0.3, 0.4) is 0 Å². The first-order chi connectivity index (χ1) is 9.71. The van der Waals surface area contributed by atoms with Crippen molar-refractivity contribution in [2.24, 2.45) is 10.8 Å². The molecule has 0 radical (unpaired) electrons. The van der Waals surface area contributed by atoms with Crippen LogP contribution in [0.25, 0.3) is 0 Å². The van der Waals surface area contributed by atoms with Crippen LogP contribution in [-0.2, 0) is 0 Å². The van der Waals surface area contributed by atoms with Gasteiger partial charge < -0.3 is 5.32 Å². The Morgan fingerprint density at radius 3 is 2.33 bits per heavy atom. The third kappa shape index (κ3) is 4.54. The first-order valence-electron chi connectivity index (χ1n) is 8.22. The molecule has 1 aliphatic carbocycles. The summed E-state index contributed by atoms with van der Waals surface area (Å²) in [6.07, 6.45) is 4.65. The lowest BCUT2D eigenvalue weighted by Gasteiger charge is -2.46. The molecule has 1 nitrogen and oxygen atoms in total. The molecule has 1 aromatic rings. The zero-order chi connectivity index (χ0) is 15.7. The largest absolute Gasteiger partial charge is 0.307 e. The second-order valence-corrected chi connectivity index (χ2v) is 8.29. The molecule has 2 heteroatoms. The van der Waals surface area contributed by atoms with Gasteiger partial charge >= 0.3 is 0 Å². The van der Waals surface area contributed by atoms with Crippen molar-refractivity contribution in [2.75, 3.05) is 0 Å². The standard InChI is InChI=1S/C19H30FN/c1-6-17(14-8-7-9-15(20)10-14)21-16-11-18(2,3)13-19(4,5)12-16/h7-10,16-17,21H,6,11-13H2,1-5H3. The Hall–Kier alpha value is -0.890. The second-order valence-electron chi connectivity index (χ2n) is 8.29. The Morgan fingerprint density at radius 1 is 1.19 bits per heavy atom. The van der Waals surface area contributed by atoms with Crippen molar-refractivity contribution in [3.8, 4) is 0 Å². The van der Waals surface area contributed by atoms with Crippen molar-refractivity contribution in [2.45, 2.75) is 72.4 Å². The number of halogens is 1. The maximum Gasteiger partial charge on any atom is 0.123 e. The van der Waals surface area contributed by atoms with E-state index >= 15 is 0 Å². The molecule has 0 heterocycles. The van der Waals surface area contributed by atoms with Gasteiger partial charge in [0.25, 0.3) is 0 Å². The van der Waals surface area contributed by atoms with Gasteiger partial charge in [0, 0.05) is 12.1 Å². The molecular formula is C19H30FN. The molecule has 118 valence electrons. The summed E-state index contributed by atoms with van der Waals surface area (Å²) in [6.45, 7) is 11.6. The average Bonchev–Trinajstić information content (AvgIpc) is 2.32. The molecule has 0 aromatic heterocycles. The van der Waals surface area contributed by atoms with Gasteiger partial charge in [-0.25, -0.2) is 4.39 Å². The van der Waals surface area contributed by atoms with E-state index in [1.165, 1.54) is 25.3 Å². The molecule has 1 fully saturated rings. The van der Waals surface area contributed by atoms with Gasteiger partial charge in [0.1, 0.15) is 5.82 Å². The van der Waals surface area contributed by atoms with Crippen molar-refractivity contribution >= 4 is 0 Å². The predicted octanol–water partition coefficient (Wildman–Crippen LogP) is 5.47. The van der Waals surface area contributed by atoms with E-state index in [1.54, 1.807) is 6.07 Å². The SMILES string of the molecule is CCC(NC1CC(C)(C)CC(C)(C)C1)c1cccc(F)c1. The summed E-state index contributed by atoms with van der Waals surface area (Å²) >= 11 is 0. The molecule has 1 saturated carbocycles. The summed E-state index contributed by atoms with van der Waals surface area (Å²) in [4.78, 5) is 0. The van der Waals surface area contributed by atoms with Gasteiger partial charge in [0.15, 0.2) is 0 Å². The summed E-state index contributed by atoms with van der Waals surface area (Å²) in [5.41, 5.74) is 1.82. The maximum absolute atomic E-state index is 13.5. The zero-order valence-corrected chi connectivity index (χ0v) is 14.2. The third-order valence-corrected chi connectivity index (χ3v) is 4.65. The van der Waals surface area contributed by atoms with Crippen LogP contribution in [0, 0.1) is 16.6 Å². The number of benzene rings is 1. The van der Waals surface area contributed by atoms with E-state index in [4.69, 9.17) is 0 Å². The summed E-state index contributed by atoms with van der Waals surface area (Å²) in [5, 5.41) is 3.79. The fourth-order valence-electron chi connectivity index (χ4n) is 4.42. The van der Waals surface area contributed by atoms with Crippen LogP contribution in [0.5, 0.6) is 0 Å². The molecular weight excluding hydrogens is 261 g/mol. The van der Waals surface area contributed by atoms with Crippen molar-refractivity contribution < 1.29 is 4.39 Å². The molecule has 2 rings (SSSR count). The third-order valence-electron chi connectivity index (χ3n) is 4.65. The zero-order valence-electron chi connectivity index (χ0n) is 14.2. The van der Waals surface area contributed by atoms with Crippen LogP contribution in [0.1, 0.15) is 71.9 Å². The van der Waals surface area contributed by atoms with E-state index in [9.17, 15) is 4.39 Å². The van der Waals surface area contributed by atoms with Crippen LogP contribution < -0.4 is 5.32 Å². The minimum Gasteiger partial charge on any atom is -0.307 e. The highest BCUT2D eigenvalue weighted by Crippen LogP contribution is 2.46. The molecule has 0 saturated heterocycles. The number of rotatable bonds is 4. The predicted molar refractivity (Wildman–Crippen MR) is 87.8 cm³/mol. The number of hydrogen-bond donors (Lipinski definition) is 1. The van der Waals surface area contributed by atoms with Crippen LogP contribution >= 0.6 is 0 Å². The first-order valence-corrected chi connectivity index (χ1v) is 8.22. The van der Waals surface area contributed by atoms with Crippen LogP contribution in [0.15, 0.2) is 24.3 Å². The lowest BCUT2D eigenvalue weighted by molar-refractivity contribution is 0.0798. The van der Waals surface area contributed by atoms with Crippen molar-refractivity contribution in [3.63, 3.8) is 0 Å². The van der Waals surface area contributed by atoms with E-state index in [0.29, 0.717) is 16.9 Å². The van der Waals surface area contributed by atoms with Crippen molar-refractivity contribution in [1.82, 2.24) is 5.32 Å². The number of nitrogens with one attached hydrogen (secondary N) is 1. The van der Waals surface area contributed by atoms with Gasteiger partial charge in [-0.15, -0.1) is 0 Å². The highest BCUT2D eigenvalue weighted by atomic mass is 19.1. The molecule has 1 unspecified atom stereocenters. The molecule has 1 N–H and O–H groups in total. The Morgan fingerprint density at radius 2 is 1.81 bits per heavy atom. The quantitative estimate of drug-likeness (QED) is 0.775. The van der Waals surface area contributed by atoms with Crippen LogP contribution in [0.2, 0.25) is 0 Å². The summed E-state index contributed by atoms with van der Waals surface area (Å²) in [5.74, 6) is -0.142. The van der Waals surface area contributed by atoms with Crippen LogP contribution in [-0.4, -0.2) is 6.04 Å². The molecule has 0 aliphatic heterocycles. The molecule has 1 atom stereocenters. The van der Waals surface area contributed by atoms with E-state index in [2.05, 4.69) is 39.9 Å². The summed E-state index contributed by atoms with van der Waals surface area (Å²) in [7, 11) is 0. The van der Waals surface area contributed by atoms with Crippen LogP contribution in [0.4, 0.5) is 4.39 Å². The molecule has 21 heavy (non-hydrogen) atoms. The van der Waals surface area contributed by atoms with E-state index in [1.807, 2.05) is 12.1 Å². The fourth-order valence-corrected chi connectivity index (χ4v) is 4.42. The van der Waals surface area contributed by atoms with Gasteiger partial charge in [-0.05, 0) is 54.2 Å². The Kier molecular flexibility index (Phi) is 4.77. The molecule has 1 aromatic carbocycles. The summed E-state index contributed by atoms with van der Waals surface area (Å²) < 4.78 is 13.5. The highest BCUT2D eigenvalue weighted by Gasteiger charge is 2.38. The number of hydrogen-bond acceptors (Lipinski definition) is 1. The van der Waals surface area contributed by atoms with Crippen molar-refractivity contribution in [3.05, 3.63) is 35.6 Å². The van der Waals surface area contributed by atoms with Gasteiger partial charge in [0.2, 0.25) is 0 Å². The summed E-state index contributed by atoms with van der Waals surface area (Å²) in [6, 6.07) is 7.78. The maximum atomic E-state index is 13.5. The first kappa shape index (κ1) is 16.5. The van der Waals surface area contributed by atoms with Gasteiger partial charge in [-0.3, -0.25) is 0 Å². The smallest absolute Gasteiger partial charge is 0.123 e. The van der Waals surface area contributed by atoms with Gasteiger partial charge in [-0.2, -0.15) is 0 Å². The fraction of sp³-hybridized carbons (Fsp3) is 0.684. The van der Waals surface area contributed by atoms with Crippen molar-refractivity contribution in [1.29, 1.82) is 0 Å². The van der Waals surface area contributed by atoms with E-state index in [-0.39, 0.29) is 11.9 Å². The molecule has 0 bridgehead atoms. The Labute approximate surface area is 129 Å². The van der Waals surface area contributed by atoms with E-state index in [0.717, 1.165) is 12.0 Å². The molecule has 0 spiro atoms. The van der Waals surface area contributed by atoms with Gasteiger partial charge in [-0.1, -0.05) is 46.8 Å². The lowest BCUT2D eigenvalue weighted by atomic mass is 9.63. The minimum atomic E-state index is -0.142. The van der Waals surface area contributed by atoms with E-state index < -0.39 is 0 Å². The molecule has 1 aliphatic rings. The Balaban J connectivity index is 2.11. The average molecular weight is 291 g/mol. The molecule has 0 amide bonds. The monoisotopic (exact) mass is 291 g/mol.